The van der Waals surface area contributed by atoms with Crippen LogP contribution in [0.1, 0.15) is 18.1 Å². The average molecular weight is 396 g/mol. The number of amides is 2. The number of aryl methyl sites for hydroxylation is 1. The van der Waals surface area contributed by atoms with Crippen molar-refractivity contribution in [3.63, 3.8) is 0 Å². The molecule has 0 aliphatic carbocycles. The summed E-state index contributed by atoms with van der Waals surface area (Å²) in [6.07, 6.45) is 0. The zero-order valence-corrected chi connectivity index (χ0v) is 17.6. The highest BCUT2D eigenvalue weighted by Crippen LogP contribution is 2.24. The van der Waals surface area contributed by atoms with Crippen molar-refractivity contribution in [1.29, 1.82) is 0 Å². The van der Waals surface area contributed by atoms with Crippen LogP contribution in [-0.2, 0) is 9.59 Å². The Morgan fingerprint density at radius 2 is 1.66 bits per heavy atom. The highest BCUT2D eigenvalue weighted by atomic mass is 16.5. The predicted octanol–water partition coefficient (Wildman–Crippen LogP) is 3.01. The van der Waals surface area contributed by atoms with E-state index in [4.69, 9.17) is 4.74 Å². The lowest BCUT2D eigenvalue weighted by Crippen LogP contribution is -2.52. The van der Waals surface area contributed by atoms with Crippen molar-refractivity contribution < 1.29 is 14.3 Å². The Kier molecular flexibility index (Phi) is 6.42. The molecule has 2 aromatic rings. The lowest BCUT2D eigenvalue weighted by atomic mass is 10.1. The molecule has 1 saturated heterocycles. The van der Waals surface area contributed by atoms with Crippen molar-refractivity contribution in [2.24, 2.45) is 0 Å². The molecule has 0 N–H and O–H groups in total. The predicted molar refractivity (Wildman–Crippen MR) is 116 cm³/mol. The molecule has 1 aliphatic heterocycles. The Balaban J connectivity index is 1.63. The Morgan fingerprint density at radius 3 is 2.24 bits per heavy atom. The third kappa shape index (κ3) is 4.70. The molecule has 0 radical (unpaired) electrons. The zero-order chi connectivity index (χ0) is 21.0. The largest absolute Gasteiger partial charge is 0.497 e. The second kappa shape index (κ2) is 8.99. The van der Waals surface area contributed by atoms with Crippen LogP contribution in [-0.4, -0.2) is 56.5 Å². The molecular weight excluding hydrogens is 366 g/mol. The number of hydrogen-bond donors (Lipinski definition) is 0. The van der Waals surface area contributed by atoms with Gasteiger partial charge >= 0.3 is 0 Å². The fraction of sp³-hybridized carbons (Fsp3) is 0.391. The van der Waals surface area contributed by atoms with Gasteiger partial charge in [0.1, 0.15) is 12.3 Å². The molecule has 0 atom stereocenters. The van der Waals surface area contributed by atoms with Gasteiger partial charge in [-0.25, -0.2) is 0 Å². The number of methoxy groups -OCH3 is 1. The van der Waals surface area contributed by atoms with Crippen LogP contribution in [0.2, 0.25) is 0 Å². The van der Waals surface area contributed by atoms with Gasteiger partial charge in [-0.2, -0.15) is 0 Å². The van der Waals surface area contributed by atoms with Crippen LogP contribution in [0, 0.1) is 13.8 Å². The third-order valence-electron chi connectivity index (χ3n) is 5.61. The van der Waals surface area contributed by atoms with Crippen LogP contribution in [0.4, 0.5) is 11.4 Å². The Bertz CT molecular complexity index is 871. The summed E-state index contributed by atoms with van der Waals surface area (Å²) in [7, 11) is 1.65. The van der Waals surface area contributed by atoms with Gasteiger partial charge in [0.25, 0.3) is 0 Å². The van der Waals surface area contributed by atoms with E-state index in [2.05, 4.69) is 4.90 Å². The van der Waals surface area contributed by atoms with Crippen LogP contribution in [0.5, 0.6) is 5.75 Å². The summed E-state index contributed by atoms with van der Waals surface area (Å²) in [5, 5.41) is 0. The summed E-state index contributed by atoms with van der Waals surface area (Å²) in [6, 6.07) is 13.8. The summed E-state index contributed by atoms with van der Waals surface area (Å²) >= 11 is 0. The van der Waals surface area contributed by atoms with Crippen molar-refractivity contribution in [2.75, 3.05) is 49.6 Å². The summed E-state index contributed by atoms with van der Waals surface area (Å²) in [6.45, 7) is 8.39. The first kappa shape index (κ1) is 20.7. The number of ether oxygens (including phenoxy) is 1. The Hall–Kier alpha value is -3.02. The van der Waals surface area contributed by atoms with E-state index in [-0.39, 0.29) is 18.4 Å². The van der Waals surface area contributed by atoms with Gasteiger partial charge in [0, 0.05) is 44.5 Å². The molecule has 1 fully saturated rings. The fourth-order valence-corrected chi connectivity index (χ4v) is 3.64. The van der Waals surface area contributed by atoms with Gasteiger partial charge in [0.05, 0.1) is 7.11 Å². The molecule has 2 aromatic carbocycles. The van der Waals surface area contributed by atoms with E-state index in [1.54, 1.807) is 12.0 Å². The molecule has 3 rings (SSSR count). The summed E-state index contributed by atoms with van der Waals surface area (Å²) in [4.78, 5) is 30.9. The molecule has 1 aliphatic rings. The third-order valence-corrected chi connectivity index (χ3v) is 5.61. The van der Waals surface area contributed by atoms with Crippen molar-refractivity contribution in [3.8, 4) is 5.75 Å². The smallest absolute Gasteiger partial charge is 0.242 e. The molecular formula is C23H29N3O3. The molecule has 1 heterocycles. The topological polar surface area (TPSA) is 53.1 Å². The number of carbonyl (C=O) groups is 2. The second-order valence-corrected chi connectivity index (χ2v) is 7.39. The fourth-order valence-electron chi connectivity index (χ4n) is 3.64. The number of nitrogens with zero attached hydrogens (tertiary/aromatic N) is 3. The van der Waals surface area contributed by atoms with Crippen molar-refractivity contribution >= 4 is 23.2 Å². The minimum atomic E-state index is -0.121. The highest BCUT2D eigenvalue weighted by molar-refractivity contribution is 5.98. The number of rotatable bonds is 5. The molecule has 0 unspecified atom stereocenters. The lowest BCUT2D eigenvalue weighted by molar-refractivity contribution is -0.131. The first-order chi connectivity index (χ1) is 13.9. The van der Waals surface area contributed by atoms with E-state index < -0.39 is 0 Å². The van der Waals surface area contributed by atoms with E-state index in [0.29, 0.717) is 13.1 Å². The van der Waals surface area contributed by atoms with E-state index in [9.17, 15) is 9.59 Å². The molecule has 0 aromatic heterocycles. The van der Waals surface area contributed by atoms with Crippen molar-refractivity contribution in [3.05, 3.63) is 53.6 Å². The zero-order valence-electron chi connectivity index (χ0n) is 17.6. The lowest BCUT2D eigenvalue weighted by Gasteiger charge is -2.37. The maximum absolute atomic E-state index is 12.9. The van der Waals surface area contributed by atoms with Crippen LogP contribution in [0.25, 0.3) is 0 Å². The van der Waals surface area contributed by atoms with Crippen LogP contribution < -0.4 is 14.5 Å². The maximum Gasteiger partial charge on any atom is 0.242 e. The summed E-state index contributed by atoms with van der Waals surface area (Å²) in [5.74, 6) is 0.692. The molecule has 0 spiro atoms. The molecule has 29 heavy (non-hydrogen) atoms. The van der Waals surface area contributed by atoms with Gasteiger partial charge in [-0.1, -0.05) is 12.1 Å². The standard InChI is InChI=1S/C23H29N3O3/c1-17-6-5-7-22(18(17)2)26(19(3)27)16-23(28)25-14-12-24(13-15-25)20-8-10-21(29-4)11-9-20/h5-11H,12-16H2,1-4H3. The molecule has 6 nitrogen and oxygen atoms in total. The highest BCUT2D eigenvalue weighted by Gasteiger charge is 2.25. The second-order valence-electron chi connectivity index (χ2n) is 7.39. The van der Waals surface area contributed by atoms with E-state index in [1.807, 2.05) is 61.2 Å². The molecule has 0 saturated carbocycles. The SMILES string of the molecule is COc1ccc(N2CCN(C(=O)CN(C(C)=O)c3cccc(C)c3C)CC2)cc1. The monoisotopic (exact) mass is 395 g/mol. The number of benzene rings is 2. The van der Waals surface area contributed by atoms with E-state index >= 15 is 0 Å². The summed E-state index contributed by atoms with van der Waals surface area (Å²) in [5.41, 5.74) is 4.07. The van der Waals surface area contributed by atoms with Gasteiger partial charge in [-0.15, -0.1) is 0 Å². The van der Waals surface area contributed by atoms with E-state index in [0.717, 1.165) is 41.3 Å². The molecule has 6 heteroatoms. The molecule has 154 valence electrons. The number of carbonyl (C=O) groups excluding carboxylic acids is 2. The van der Waals surface area contributed by atoms with Gasteiger partial charge < -0.3 is 19.4 Å². The first-order valence-corrected chi connectivity index (χ1v) is 9.92. The van der Waals surface area contributed by atoms with Crippen molar-refractivity contribution in [1.82, 2.24) is 4.90 Å². The van der Waals surface area contributed by atoms with Crippen LogP contribution in [0.3, 0.4) is 0 Å². The Labute approximate surface area is 172 Å². The normalized spacial score (nSPS) is 13.9. The quantitative estimate of drug-likeness (QED) is 0.781. The number of anilines is 2. The van der Waals surface area contributed by atoms with Crippen LogP contribution in [0.15, 0.2) is 42.5 Å². The number of hydrogen-bond acceptors (Lipinski definition) is 4. The van der Waals surface area contributed by atoms with Gasteiger partial charge in [0.2, 0.25) is 11.8 Å². The van der Waals surface area contributed by atoms with Gasteiger partial charge in [-0.3, -0.25) is 9.59 Å². The molecule has 0 bridgehead atoms. The van der Waals surface area contributed by atoms with Crippen molar-refractivity contribution in [2.45, 2.75) is 20.8 Å². The average Bonchev–Trinajstić information content (AvgIpc) is 2.74. The minimum absolute atomic E-state index is 0.0181. The first-order valence-electron chi connectivity index (χ1n) is 9.92. The van der Waals surface area contributed by atoms with Crippen LogP contribution >= 0.6 is 0 Å². The van der Waals surface area contributed by atoms with Gasteiger partial charge in [-0.05, 0) is 55.3 Å². The van der Waals surface area contributed by atoms with E-state index in [1.165, 1.54) is 6.92 Å². The maximum atomic E-state index is 12.9. The number of piperazine rings is 1. The Morgan fingerprint density at radius 1 is 1.00 bits per heavy atom. The molecule has 2 amide bonds. The summed E-state index contributed by atoms with van der Waals surface area (Å²) < 4.78 is 5.21. The van der Waals surface area contributed by atoms with Gasteiger partial charge in [0.15, 0.2) is 0 Å². The minimum Gasteiger partial charge on any atom is -0.497 e.